The van der Waals surface area contributed by atoms with Crippen molar-refractivity contribution in [1.29, 1.82) is 5.26 Å². The minimum absolute atomic E-state index is 0.178. The van der Waals surface area contributed by atoms with Gasteiger partial charge in [-0.05, 0) is 63.7 Å². The summed E-state index contributed by atoms with van der Waals surface area (Å²) < 4.78 is 11.9. The van der Waals surface area contributed by atoms with Gasteiger partial charge in [0.1, 0.15) is 5.82 Å². The minimum atomic E-state index is -0.178. The highest BCUT2D eigenvalue weighted by Crippen LogP contribution is 2.28. The summed E-state index contributed by atoms with van der Waals surface area (Å²) in [6.45, 7) is 6.61. The second kappa shape index (κ2) is 12.1. The van der Waals surface area contributed by atoms with Gasteiger partial charge in [0, 0.05) is 12.0 Å². The smallest absolute Gasteiger partial charge is 0.123 e. The molecule has 0 aromatic heterocycles. The van der Waals surface area contributed by atoms with Crippen LogP contribution in [0.25, 0.3) is 0 Å². The molecule has 23 heavy (non-hydrogen) atoms. The molecule has 3 heteroatoms. The molecule has 0 bridgehead atoms. The highest BCUT2D eigenvalue weighted by molar-refractivity contribution is 5.02. The normalized spacial score (nSPS) is 24.3. The number of halogens is 1. The fourth-order valence-electron chi connectivity index (χ4n) is 3.27. The molecule has 1 aliphatic carbocycles. The van der Waals surface area contributed by atoms with Gasteiger partial charge in [-0.3, -0.25) is 0 Å². The molecule has 1 aromatic rings. The van der Waals surface area contributed by atoms with Crippen LogP contribution in [0.4, 0.5) is 4.39 Å². The Morgan fingerprint density at radius 3 is 1.96 bits per heavy atom. The number of nitriles is 1. The van der Waals surface area contributed by atoms with E-state index in [9.17, 15) is 4.39 Å². The van der Waals surface area contributed by atoms with Crippen molar-refractivity contribution in [2.24, 2.45) is 5.92 Å². The third-order valence-electron chi connectivity index (χ3n) is 4.52. The van der Waals surface area contributed by atoms with E-state index < -0.39 is 0 Å². The molecule has 1 heterocycles. The van der Waals surface area contributed by atoms with E-state index in [1.807, 2.05) is 13.8 Å². The van der Waals surface area contributed by atoms with Crippen LogP contribution in [0.15, 0.2) is 30.3 Å². The van der Waals surface area contributed by atoms with Crippen molar-refractivity contribution in [3.05, 3.63) is 36.1 Å². The Hall–Kier alpha value is -1.40. The SMILES string of the molecule is CC.Fc1ccccc1.N#CC1CCC(N2CCCCC2)CC1. The quantitative estimate of drug-likeness (QED) is 0.692. The number of piperidine rings is 1. The largest absolute Gasteiger partial charge is 0.300 e. The van der Waals surface area contributed by atoms with Gasteiger partial charge in [-0.15, -0.1) is 0 Å². The Morgan fingerprint density at radius 1 is 0.957 bits per heavy atom. The third kappa shape index (κ3) is 7.61. The molecule has 3 rings (SSSR count). The maximum absolute atomic E-state index is 11.9. The van der Waals surface area contributed by atoms with Gasteiger partial charge in [0.25, 0.3) is 0 Å². The average molecular weight is 318 g/mol. The topological polar surface area (TPSA) is 27.0 Å². The van der Waals surface area contributed by atoms with E-state index in [0.29, 0.717) is 5.92 Å². The van der Waals surface area contributed by atoms with Crippen LogP contribution in [0.5, 0.6) is 0 Å². The van der Waals surface area contributed by atoms with Gasteiger partial charge in [0.15, 0.2) is 0 Å². The second-order valence-electron chi connectivity index (χ2n) is 6.03. The molecule has 1 aromatic carbocycles. The van der Waals surface area contributed by atoms with Crippen molar-refractivity contribution >= 4 is 0 Å². The highest BCUT2D eigenvalue weighted by Gasteiger charge is 2.26. The van der Waals surface area contributed by atoms with Gasteiger partial charge < -0.3 is 4.90 Å². The molecule has 2 fully saturated rings. The van der Waals surface area contributed by atoms with Crippen molar-refractivity contribution < 1.29 is 4.39 Å². The van der Waals surface area contributed by atoms with Crippen molar-refractivity contribution in [2.45, 2.75) is 64.8 Å². The molecule has 0 radical (unpaired) electrons. The van der Waals surface area contributed by atoms with E-state index >= 15 is 0 Å². The van der Waals surface area contributed by atoms with Crippen LogP contribution in [0.1, 0.15) is 58.8 Å². The molecule has 0 N–H and O–H groups in total. The molecule has 2 aliphatic rings. The summed E-state index contributed by atoms with van der Waals surface area (Å²) in [6.07, 6.45) is 8.99. The lowest BCUT2D eigenvalue weighted by Gasteiger charge is -2.37. The summed E-state index contributed by atoms with van der Waals surface area (Å²) in [7, 11) is 0. The van der Waals surface area contributed by atoms with E-state index in [4.69, 9.17) is 5.26 Å². The van der Waals surface area contributed by atoms with Crippen LogP contribution < -0.4 is 0 Å². The summed E-state index contributed by atoms with van der Waals surface area (Å²) in [5, 5.41) is 8.82. The van der Waals surface area contributed by atoms with Crippen LogP contribution in [-0.2, 0) is 0 Å². The summed E-state index contributed by atoms with van der Waals surface area (Å²) >= 11 is 0. The van der Waals surface area contributed by atoms with Gasteiger partial charge in [-0.1, -0.05) is 38.5 Å². The molecule has 0 atom stereocenters. The summed E-state index contributed by atoms with van der Waals surface area (Å²) in [6, 6.07) is 11.2. The lowest BCUT2D eigenvalue weighted by Crippen LogP contribution is -2.41. The Labute approximate surface area is 141 Å². The molecule has 1 aliphatic heterocycles. The molecule has 0 amide bonds. The first-order chi connectivity index (χ1) is 11.3. The minimum Gasteiger partial charge on any atom is -0.300 e. The van der Waals surface area contributed by atoms with Crippen molar-refractivity contribution in [3.63, 3.8) is 0 Å². The summed E-state index contributed by atoms with van der Waals surface area (Å²) in [4.78, 5) is 2.66. The van der Waals surface area contributed by atoms with E-state index in [0.717, 1.165) is 18.9 Å². The molecular weight excluding hydrogens is 287 g/mol. The third-order valence-corrected chi connectivity index (χ3v) is 4.52. The van der Waals surface area contributed by atoms with Crippen LogP contribution in [0, 0.1) is 23.1 Å². The van der Waals surface area contributed by atoms with Crippen molar-refractivity contribution in [2.75, 3.05) is 13.1 Å². The molecule has 2 nitrogen and oxygen atoms in total. The Bertz CT molecular complexity index is 427. The molecule has 0 unspecified atom stereocenters. The first kappa shape index (κ1) is 19.6. The van der Waals surface area contributed by atoms with Gasteiger partial charge >= 0.3 is 0 Å². The van der Waals surface area contributed by atoms with Gasteiger partial charge in [-0.25, -0.2) is 4.39 Å². The fraction of sp³-hybridized carbons (Fsp3) is 0.650. The van der Waals surface area contributed by atoms with Gasteiger partial charge in [-0.2, -0.15) is 5.26 Å². The first-order valence-electron chi connectivity index (χ1n) is 9.14. The molecular formula is C20H31FN2. The predicted octanol–water partition coefficient (Wildman–Crippen LogP) is 5.41. The Morgan fingerprint density at radius 2 is 1.52 bits per heavy atom. The van der Waals surface area contributed by atoms with E-state index in [2.05, 4.69) is 11.0 Å². The van der Waals surface area contributed by atoms with Crippen LogP contribution >= 0.6 is 0 Å². The van der Waals surface area contributed by atoms with E-state index in [1.165, 1.54) is 57.3 Å². The zero-order chi connectivity index (χ0) is 16.9. The first-order valence-corrected chi connectivity index (χ1v) is 9.14. The summed E-state index contributed by atoms with van der Waals surface area (Å²) in [5.41, 5.74) is 0. The maximum Gasteiger partial charge on any atom is 0.123 e. The molecule has 1 saturated carbocycles. The molecule has 128 valence electrons. The monoisotopic (exact) mass is 318 g/mol. The number of benzene rings is 1. The number of nitrogens with zero attached hydrogens (tertiary/aromatic N) is 2. The zero-order valence-electron chi connectivity index (χ0n) is 14.7. The number of hydrogen-bond donors (Lipinski definition) is 0. The van der Waals surface area contributed by atoms with Crippen molar-refractivity contribution in [3.8, 4) is 6.07 Å². The highest BCUT2D eigenvalue weighted by atomic mass is 19.1. The fourth-order valence-corrected chi connectivity index (χ4v) is 3.27. The lowest BCUT2D eigenvalue weighted by molar-refractivity contribution is 0.122. The number of rotatable bonds is 1. The predicted molar refractivity (Wildman–Crippen MR) is 94.5 cm³/mol. The Kier molecular flexibility index (Phi) is 10.3. The molecule has 1 saturated heterocycles. The molecule has 0 spiro atoms. The van der Waals surface area contributed by atoms with Gasteiger partial charge in [0.05, 0.1) is 6.07 Å². The number of likely N-dealkylation sites (tertiary alicyclic amines) is 1. The lowest BCUT2D eigenvalue weighted by atomic mass is 9.85. The van der Waals surface area contributed by atoms with Gasteiger partial charge in [0.2, 0.25) is 0 Å². The second-order valence-corrected chi connectivity index (χ2v) is 6.03. The summed E-state index contributed by atoms with van der Waals surface area (Å²) in [5.74, 6) is 0.179. The standard InChI is InChI=1S/C12H20N2.C6H5F.C2H6/c13-10-11-4-6-12(7-5-11)14-8-2-1-3-9-14;7-6-4-2-1-3-5-6;1-2/h11-12H,1-9H2;1-5H;1-2H3. The van der Waals surface area contributed by atoms with Crippen LogP contribution in [0.2, 0.25) is 0 Å². The van der Waals surface area contributed by atoms with E-state index in [-0.39, 0.29) is 5.82 Å². The number of hydrogen-bond acceptors (Lipinski definition) is 2. The van der Waals surface area contributed by atoms with Crippen LogP contribution in [0.3, 0.4) is 0 Å². The Balaban J connectivity index is 0.000000247. The van der Waals surface area contributed by atoms with E-state index in [1.54, 1.807) is 18.2 Å². The zero-order valence-corrected chi connectivity index (χ0v) is 14.7. The van der Waals surface area contributed by atoms with Crippen LogP contribution in [-0.4, -0.2) is 24.0 Å². The van der Waals surface area contributed by atoms with Crippen molar-refractivity contribution in [1.82, 2.24) is 4.90 Å². The average Bonchev–Trinajstić information content (AvgIpc) is 2.65. The maximum atomic E-state index is 11.9.